The monoisotopic (exact) mass is 228 g/mol. The summed E-state index contributed by atoms with van der Waals surface area (Å²) in [4.78, 5) is 10.5. The van der Waals surface area contributed by atoms with Crippen molar-refractivity contribution in [2.45, 2.75) is 12.8 Å². The molecule has 0 saturated heterocycles. The third-order valence-electron chi connectivity index (χ3n) is 1.83. The van der Waals surface area contributed by atoms with Crippen LogP contribution in [0, 0.1) is 23.2 Å². The van der Waals surface area contributed by atoms with Gasteiger partial charge in [-0.1, -0.05) is 11.8 Å². The number of nitrogens with zero attached hydrogens (tertiary/aromatic N) is 1. The minimum atomic E-state index is -0.436. The van der Waals surface area contributed by atoms with E-state index in [-0.39, 0.29) is 6.42 Å². The lowest BCUT2D eigenvalue weighted by molar-refractivity contribution is -0.117. The molecular formula is C13H12N2O2. The summed E-state index contributed by atoms with van der Waals surface area (Å²) in [6.45, 7) is 0.378. The number of carbonyl (C=O) groups is 1. The Bertz CT molecular complexity index is 475. The Morgan fingerprint density at radius 3 is 2.65 bits per heavy atom. The Labute approximate surface area is 100.0 Å². The Hall–Kier alpha value is -2.46. The van der Waals surface area contributed by atoms with E-state index in [1.807, 2.05) is 6.07 Å². The summed E-state index contributed by atoms with van der Waals surface area (Å²) in [6, 6.07) is 9.11. The first-order chi connectivity index (χ1) is 8.22. The minimum Gasteiger partial charge on any atom is -0.493 e. The highest BCUT2D eigenvalue weighted by atomic mass is 16.5. The van der Waals surface area contributed by atoms with E-state index in [9.17, 15) is 4.79 Å². The number of rotatable bonds is 4. The Kier molecular flexibility index (Phi) is 5.13. The molecule has 0 aliphatic heterocycles. The number of hydrogen-bond donors (Lipinski definition) is 1. The lowest BCUT2D eigenvalue weighted by Gasteiger charge is -2.02. The van der Waals surface area contributed by atoms with Crippen LogP contribution in [0.4, 0.5) is 0 Å². The van der Waals surface area contributed by atoms with Crippen molar-refractivity contribution in [1.82, 2.24) is 0 Å². The van der Waals surface area contributed by atoms with Gasteiger partial charge < -0.3 is 10.5 Å². The topological polar surface area (TPSA) is 76.1 Å². The molecule has 1 aromatic rings. The second kappa shape index (κ2) is 6.92. The summed E-state index contributed by atoms with van der Waals surface area (Å²) < 4.78 is 5.30. The molecule has 4 nitrogen and oxygen atoms in total. The molecule has 0 bridgehead atoms. The van der Waals surface area contributed by atoms with Crippen LogP contribution in [0.25, 0.3) is 0 Å². The van der Waals surface area contributed by atoms with Crippen molar-refractivity contribution in [2.75, 3.05) is 6.61 Å². The summed E-state index contributed by atoms with van der Waals surface area (Å²) in [5, 5.41) is 8.34. The van der Waals surface area contributed by atoms with E-state index in [4.69, 9.17) is 15.7 Å². The molecule has 86 valence electrons. The van der Waals surface area contributed by atoms with Gasteiger partial charge in [-0.3, -0.25) is 4.79 Å². The Balaban J connectivity index is 2.52. The van der Waals surface area contributed by atoms with Crippen LogP contribution in [0.3, 0.4) is 0 Å². The molecule has 4 heteroatoms. The lowest BCUT2D eigenvalue weighted by Crippen LogP contribution is -2.08. The molecule has 0 saturated carbocycles. The molecular weight excluding hydrogens is 216 g/mol. The highest BCUT2D eigenvalue weighted by Gasteiger charge is 1.93. The number of carbonyl (C=O) groups excluding carboxylic acids is 1. The summed E-state index contributed by atoms with van der Waals surface area (Å²) in [6.07, 6.45) is 0.417. The summed E-state index contributed by atoms with van der Waals surface area (Å²) in [5.74, 6) is 5.74. The number of nitrogens with two attached hydrogens (primary N) is 1. The number of ether oxygens (including phenoxy) is 1. The van der Waals surface area contributed by atoms with E-state index in [1.54, 1.807) is 24.3 Å². The molecule has 17 heavy (non-hydrogen) atoms. The summed E-state index contributed by atoms with van der Waals surface area (Å²) in [5.41, 5.74) is 5.75. The van der Waals surface area contributed by atoms with Crippen molar-refractivity contribution in [1.29, 1.82) is 5.26 Å². The zero-order chi connectivity index (χ0) is 12.5. The fraction of sp³-hybridized carbons (Fsp3) is 0.231. The van der Waals surface area contributed by atoms with Gasteiger partial charge in [0.25, 0.3) is 0 Å². The molecule has 1 rings (SSSR count). The molecule has 2 N–H and O–H groups in total. The quantitative estimate of drug-likeness (QED) is 0.621. The van der Waals surface area contributed by atoms with Crippen molar-refractivity contribution in [2.24, 2.45) is 5.73 Å². The lowest BCUT2D eigenvalue weighted by atomic mass is 10.2. The number of amides is 1. The van der Waals surface area contributed by atoms with Crippen LogP contribution in [-0.2, 0) is 4.79 Å². The molecule has 1 aromatic carbocycles. The Morgan fingerprint density at radius 2 is 2.06 bits per heavy atom. The standard InChI is InChI=1S/C13H12N2O2/c14-9-2-10-17-12-7-5-11(6-8-12)3-1-4-13(15)16/h5-8H,2,4,10H2,(H2,15,16). The van der Waals surface area contributed by atoms with Crippen LogP contribution in [-0.4, -0.2) is 12.5 Å². The van der Waals surface area contributed by atoms with Crippen molar-refractivity contribution >= 4 is 5.91 Å². The van der Waals surface area contributed by atoms with Gasteiger partial charge in [0.05, 0.1) is 18.9 Å². The SMILES string of the molecule is N#CCCOc1ccc(C#CCC(N)=O)cc1. The molecule has 1 amide bonds. The minimum absolute atomic E-state index is 0.0560. The fourth-order valence-corrected chi connectivity index (χ4v) is 1.08. The van der Waals surface area contributed by atoms with E-state index in [2.05, 4.69) is 11.8 Å². The third-order valence-corrected chi connectivity index (χ3v) is 1.83. The van der Waals surface area contributed by atoms with Crippen LogP contribution in [0.2, 0.25) is 0 Å². The zero-order valence-electron chi connectivity index (χ0n) is 9.27. The second-order valence-corrected chi connectivity index (χ2v) is 3.23. The predicted octanol–water partition coefficient (Wildman–Crippen LogP) is 1.21. The first-order valence-electron chi connectivity index (χ1n) is 5.09. The summed E-state index contributed by atoms with van der Waals surface area (Å²) >= 11 is 0. The van der Waals surface area contributed by atoms with Gasteiger partial charge in [0.15, 0.2) is 0 Å². The highest BCUT2D eigenvalue weighted by Crippen LogP contribution is 2.11. The zero-order valence-corrected chi connectivity index (χ0v) is 9.27. The maximum Gasteiger partial charge on any atom is 0.229 e. The van der Waals surface area contributed by atoms with Crippen LogP contribution < -0.4 is 10.5 Å². The predicted molar refractivity (Wildman–Crippen MR) is 62.9 cm³/mol. The maximum atomic E-state index is 10.5. The van der Waals surface area contributed by atoms with Crippen molar-refractivity contribution in [3.8, 4) is 23.7 Å². The summed E-state index contributed by atoms with van der Waals surface area (Å²) in [7, 11) is 0. The number of nitriles is 1. The smallest absolute Gasteiger partial charge is 0.229 e. The molecule has 0 radical (unpaired) electrons. The van der Waals surface area contributed by atoms with Crippen LogP contribution >= 0.6 is 0 Å². The average Bonchev–Trinajstić information content (AvgIpc) is 2.31. The van der Waals surface area contributed by atoms with Gasteiger partial charge in [-0.15, -0.1) is 0 Å². The molecule has 0 atom stereocenters. The van der Waals surface area contributed by atoms with Crippen LogP contribution in [0.5, 0.6) is 5.75 Å². The molecule has 0 unspecified atom stereocenters. The van der Waals surface area contributed by atoms with E-state index in [0.717, 1.165) is 5.56 Å². The first kappa shape index (κ1) is 12.6. The second-order valence-electron chi connectivity index (χ2n) is 3.23. The Morgan fingerprint density at radius 1 is 1.35 bits per heavy atom. The third kappa shape index (κ3) is 5.25. The molecule has 0 heterocycles. The van der Waals surface area contributed by atoms with Gasteiger partial charge in [-0.25, -0.2) is 0 Å². The van der Waals surface area contributed by atoms with Crippen molar-refractivity contribution in [3.63, 3.8) is 0 Å². The van der Waals surface area contributed by atoms with Gasteiger partial charge in [0.2, 0.25) is 5.91 Å². The van der Waals surface area contributed by atoms with Gasteiger partial charge in [0, 0.05) is 5.56 Å². The van der Waals surface area contributed by atoms with Gasteiger partial charge in [0.1, 0.15) is 12.4 Å². The van der Waals surface area contributed by atoms with Gasteiger partial charge in [-0.05, 0) is 24.3 Å². The van der Waals surface area contributed by atoms with Gasteiger partial charge in [-0.2, -0.15) is 5.26 Å². The van der Waals surface area contributed by atoms with Crippen LogP contribution in [0.15, 0.2) is 24.3 Å². The van der Waals surface area contributed by atoms with Crippen LogP contribution in [0.1, 0.15) is 18.4 Å². The molecule has 0 fully saturated rings. The van der Waals surface area contributed by atoms with Crippen molar-refractivity contribution < 1.29 is 9.53 Å². The van der Waals surface area contributed by atoms with E-state index in [1.165, 1.54) is 0 Å². The fourth-order valence-electron chi connectivity index (χ4n) is 1.08. The van der Waals surface area contributed by atoms with Crippen molar-refractivity contribution in [3.05, 3.63) is 29.8 Å². The van der Waals surface area contributed by atoms with E-state index < -0.39 is 5.91 Å². The molecule has 0 spiro atoms. The average molecular weight is 228 g/mol. The number of hydrogen-bond acceptors (Lipinski definition) is 3. The largest absolute Gasteiger partial charge is 0.493 e. The molecule has 0 aliphatic rings. The maximum absolute atomic E-state index is 10.5. The van der Waals surface area contributed by atoms with E-state index in [0.29, 0.717) is 18.8 Å². The molecule has 0 aliphatic carbocycles. The highest BCUT2D eigenvalue weighted by molar-refractivity contribution is 5.76. The molecule has 0 aromatic heterocycles. The van der Waals surface area contributed by atoms with Gasteiger partial charge >= 0.3 is 0 Å². The normalized spacial score (nSPS) is 8.65. The number of primary amides is 1. The number of benzene rings is 1. The van der Waals surface area contributed by atoms with E-state index >= 15 is 0 Å². The first-order valence-corrected chi connectivity index (χ1v) is 5.09.